The summed E-state index contributed by atoms with van der Waals surface area (Å²) < 4.78 is 46.1. The third kappa shape index (κ3) is 5.29. The molecule has 0 fully saturated rings. The lowest BCUT2D eigenvalue weighted by Gasteiger charge is -2.09. The van der Waals surface area contributed by atoms with Crippen LogP contribution in [0.5, 0.6) is 5.75 Å². The summed E-state index contributed by atoms with van der Waals surface area (Å²) in [6.07, 6.45) is 1.99. The monoisotopic (exact) mass is 415 g/mol. The lowest BCUT2D eigenvalue weighted by Crippen LogP contribution is -2.23. The number of hydrogen-bond donors (Lipinski definition) is 1. The average Bonchev–Trinajstić information content (AvgIpc) is 2.57. The van der Waals surface area contributed by atoms with E-state index in [1.165, 1.54) is 24.3 Å². The molecule has 130 valence electrons. The van der Waals surface area contributed by atoms with E-state index in [0.29, 0.717) is 22.4 Å². The van der Waals surface area contributed by atoms with Gasteiger partial charge in [-0.15, -0.1) is 0 Å². The minimum absolute atomic E-state index is 0.0793. The fraction of sp³-hybridized carbons (Fsp3) is 0.294. The maximum Gasteiger partial charge on any atom is 0.240 e. The highest BCUT2D eigenvalue weighted by atomic mass is 79.9. The van der Waals surface area contributed by atoms with E-state index in [9.17, 15) is 12.8 Å². The second kappa shape index (κ2) is 8.60. The van der Waals surface area contributed by atoms with E-state index in [1.54, 1.807) is 18.2 Å². The van der Waals surface area contributed by atoms with Gasteiger partial charge in [-0.1, -0.05) is 19.4 Å². The van der Waals surface area contributed by atoms with Crippen molar-refractivity contribution in [1.29, 1.82) is 0 Å². The fourth-order valence-electron chi connectivity index (χ4n) is 1.96. The van der Waals surface area contributed by atoms with Crippen LogP contribution < -0.4 is 9.46 Å². The molecule has 0 aliphatic heterocycles. The predicted molar refractivity (Wildman–Crippen MR) is 95.0 cm³/mol. The molecule has 0 aliphatic rings. The normalized spacial score (nSPS) is 11.5. The number of rotatable bonds is 8. The molecule has 0 aliphatic carbocycles. The van der Waals surface area contributed by atoms with Gasteiger partial charge >= 0.3 is 0 Å². The molecule has 0 heterocycles. The van der Waals surface area contributed by atoms with E-state index in [1.807, 2.05) is 0 Å². The van der Waals surface area contributed by atoms with Crippen LogP contribution in [0.3, 0.4) is 0 Å². The summed E-state index contributed by atoms with van der Waals surface area (Å²) in [6.45, 7) is 2.76. The van der Waals surface area contributed by atoms with Crippen LogP contribution in [0.25, 0.3) is 0 Å². The zero-order chi connectivity index (χ0) is 17.6. The molecule has 2 aromatic rings. The van der Waals surface area contributed by atoms with Gasteiger partial charge in [-0.25, -0.2) is 17.5 Å². The van der Waals surface area contributed by atoms with Gasteiger partial charge in [-0.2, -0.15) is 0 Å². The Bertz CT molecular complexity index is 779. The SMILES string of the molecule is CCCCOc1ccc(S(=O)(=O)NCc2ccc(F)c(Br)c2)cc1. The van der Waals surface area contributed by atoms with Crippen LogP contribution in [0.1, 0.15) is 25.3 Å². The molecular formula is C17H19BrFNO3S. The molecule has 24 heavy (non-hydrogen) atoms. The van der Waals surface area contributed by atoms with E-state index in [2.05, 4.69) is 27.6 Å². The number of benzene rings is 2. The van der Waals surface area contributed by atoms with Crippen molar-refractivity contribution in [3.05, 3.63) is 58.3 Å². The molecule has 0 saturated heterocycles. The Hall–Kier alpha value is -1.44. The Morgan fingerprint density at radius 2 is 1.88 bits per heavy atom. The van der Waals surface area contributed by atoms with E-state index in [4.69, 9.17) is 4.74 Å². The first kappa shape index (κ1) is 18.9. The minimum Gasteiger partial charge on any atom is -0.494 e. The van der Waals surface area contributed by atoms with Crippen molar-refractivity contribution in [3.8, 4) is 5.75 Å². The van der Waals surface area contributed by atoms with Crippen LogP contribution in [-0.2, 0) is 16.6 Å². The van der Waals surface area contributed by atoms with Crippen LogP contribution in [0.15, 0.2) is 51.8 Å². The van der Waals surface area contributed by atoms with Crippen molar-refractivity contribution in [3.63, 3.8) is 0 Å². The lowest BCUT2D eigenvalue weighted by molar-refractivity contribution is 0.309. The average molecular weight is 416 g/mol. The van der Waals surface area contributed by atoms with Gasteiger partial charge in [-0.05, 0) is 64.3 Å². The van der Waals surface area contributed by atoms with Crippen LogP contribution in [0.4, 0.5) is 4.39 Å². The fourth-order valence-corrected chi connectivity index (χ4v) is 3.40. The van der Waals surface area contributed by atoms with E-state index in [-0.39, 0.29) is 17.3 Å². The first-order chi connectivity index (χ1) is 11.4. The number of unbranched alkanes of at least 4 members (excludes halogenated alkanes) is 1. The molecule has 4 nitrogen and oxygen atoms in total. The summed E-state index contributed by atoms with van der Waals surface area (Å²) in [5, 5.41) is 0. The smallest absolute Gasteiger partial charge is 0.240 e. The minimum atomic E-state index is -3.64. The summed E-state index contributed by atoms with van der Waals surface area (Å²) in [7, 11) is -3.64. The first-order valence-electron chi connectivity index (χ1n) is 7.59. The van der Waals surface area contributed by atoms with Crippen LogP contribution in [0, 0.1) is 5.82 Å². The largest absolute Gasteiger partial charge is 0.494 e. The van der Waals surface area contributed by atoms with Crippen LogP contribution in [-0.4, -0.2) is 15.0 Å². The van der Waals surface area contributed by atoms with Gasteiger partial charge < -0.3 is 4.74 Å². The van der Waals surface area contributed by atoms with Gasteiger partial charge in [0.2, 0.25) is 10.0 Å². The lowest BCUT2D eigenvalue weighted by atomic mass is 10.2. The number of hydrogen-bond acceptors (Lipinski definition) is 3. The van der Waals surface area contributed by atoms with Gasteiger partial charge in [0.15, 0.2) is 0 Å². The Kier molecular flexibility index (Phi) is 6.77. The molecule has 0 bridgehead atoms. The Morgan fingerprint density at radius 1 is 1.17 bits per heavy atom. The maximum atomic E-state index is 13.2. The quantitative estimate of drug-likeness (QED) is 0.655. The summed E-state index contributed by atoms with van der Waals surface area (Å²) in [4.78, 5) is 0.159. The maximum absolute atomic E-state index is 13.2. The molecular weight excluding hydrogens is 397 g/mol. The Balaban J connectivity index is 2.00. The standard InChI is InChI=1S/C17H19BrFNO3S/c1-2-3-10-23-14-5-7-15(8-6-14)24(21,22)20-12-13-4-9-17(19)16(18)11-13/h4-9,11,20H,2-3,10,12H2,1H3. The van der Waals surface area contributed by atoms with Gasteiger partial charge in [0, 0.05) is 6.54 Å². The Labute approximate surface area is 150 Å². The topological polar surface area (TPSA) is 55.4 Å². The van der Waals surface area contributed by atoms with Gasteiger partial charge in [0.25, 0.3) is 0 Å². The zero-order valence-corrected chi connectivity index (χ0v) is 15.7. The second-order valence-corrected chi connectivity index (χ2v) is 7.87. The molecule has 0 amide bonds. The van der Waals surface area contributed by atoms with E-state index in [0.717, 1.165) is 12.8 Å². The molecule has 0 atom stereocenters. The second-order valence-electron chi connectivity index (χ2n) is 5.25. The number of nitrogens with one attached hydrogen (secondary N) is 1. The predicted octanol–water partition coefficient (Wildman–Crippen LogP) is 4.25. The van der Waals surface area contributed by atoms with Crippen molar-refractivity contribution >= 4 is 26.0 Å². The van der Waals surface area contributed by atoms with Crippen LogP contribution >= 0.6 is 15.9 Å². The zero-order valence-electron chi connectivity index (χ0n) is 13.3. The molecule has 7 heteroatoms. The van der Waals surface area contributed by atoms with Crippen molar-refractivity contribution < 1.29 is 17.5 Å². The van der Waals surface area contributed by atoms with Crippen molar-refractivity contribution in [2.45, 2.75) is 31.2 Å². The molecule has 0 spiro atoms. The molecule has 0 saturated carbocycles. The van der Waals surface area contributed by atoms with E-state index >= 15 is 0 Å². The Morgan fingerprint density at radius 3 is 2.50 bits per heavy atom. The first-order valence-corrected chi connectivity index (χ1v) is 9.86. The highest BCUT2D eigenvalue weighted by molar-refractivity contribution is 9.10. The molecule has 2 aromatic carbocycles. The third-order valence-corrected chi connectivity index (χ3v) is 5.38. The summed E-state index contributed by atoms with van der Waals surface area (Å²) in [6, 6.07) is 10.7. The molecule has 0 unspecified atom stereocenters. The van der Waals surface area contributed by atoms with Crippen molar-refractivity contribution in [1.82, 2.24) is 4.72 Å². The van der Waals surface area contributed by atoms with E-state index < -0.39 is 10.0 Å². The number of sulfonamides is 1. The number of halogens is 2. The molecule has 0 radical (unpaired) electrons. The summed E-state index contributed by atoms with van der Waals surface area (Å²) >= 11 is 3.08. The van der Waals surface area contributed by atoms with Gasteiger partial charge in [0.05, 0.1) is 16.0 Å². The summed E-state index contributed by atoms with van der Waals surface area (Å²) in [5.41, 5.74) is 0.659. The summed E-state index contributed by atoms with van der Waals surface area (Å²) in [5.74, 6) is 0.255. The van der Waals surface area contributed by atoms with Gasteiger partial charge in [-0.3, -0.25) is 0 Å². The molecule has 1 N–H and O–H groups in total. The third-order valence-electron chi connectivity index (χ3n) is 3.35. The highest BCUT2D eigenvalue weighted by Gasteiger charge is 2.14. The van der Waals surface area contributed by atoms with Crippen molar-refractivity contribution in [2.75, 3.05) is 6.61 Å². The van der Waals surface area contributed by atoms with Crippen molar-refractivity contribution in [2.24, 2.45) is 0 Å². The molecule has 0 aromatic heterocycles. The van der Waals surface area contributed by atoms with Crippen LogP contribution in [0.2, 0.25) is 0 Å². The van der Waals surface area contributed by atoms with Gasteiger partial charge in [0.1, 0.15) is 11.6 Å². The number of ether oxygens (including phenoxy) is 1. The molecule has 2 rings (SSSR count). The highest BCUT2D eigenvalue weighted by Crippen LogP contribution is 2.19.